The second-order valence-electron chi connectivity index (χ2n) is 11.2. The second kappa shape index (κ2) is 12.4. The molecule has 35 heavy (non-hydrogen) atoms. The lowest BCUT2D eigenvalue weighted by Crippen LogP contribution is -2.32. The molecule has 2 heterocycles. The lowest BCUT2D eigenvalue weighted by molar-refractivity contribution is -0.193. The Morgan fingerprint density at radius 1 is 1.03 bits per heavy atom. The molecule has 0 bridgehead atoms. The molecule has 2 saturated heterocycles. The van der Waals surface area contributed by atoms with E-state index in [2.05, 4.69) is 18.2 Å². The van der Waals surface area contributed by atoms with E-state index >= 15 is 0 Å². The van der Waals surface area contributed by atoms with E-state index in [1.54, 1.807) is 0 Å². The molecule has 0 aromatic carbocycles. The minimum Gasteiger partial charge on any atom is -0.461 e. The fraction of sp³-hybridized carbons (Fsp3) is 0.828. The molecular weight excluding hydrogens is 444 g/mol. The number of ether oxygens (including phenoxy) is 5. The van der Waals surface area contributed by atoms with Gasteiger partial charge in [-0.15, -0.1) is 0 Å². The van der Waals surface area contributed by atoms with E-state index in [-0.39, 0.29) is 30.8 Å². The molecule has 6 nitrogen and oxygen atoms in total. The summed E-state index contributed by atoms with van der Waals surface area (Å²) < 4.78 is 30.4. The van der Waals surface area contributed by atoms with Gasteiger partial charge >= 0.3 is 5.97 Å². The van der Waals surface area contributed by atoms with Gasteiger partial charge in [-0.1, -0.05) is 31.1 Å². The number of rotatable bonds is 9. The molecule has 0 N–H and O–H groups in total. The number of carbonyl (C=O) groups excluding carboxylic acids is 1. The number of carbonyl (C=O) groups is 1. The first kappa shape index (κ1) is 25.4. The lowest BCUT2D eigenvalue weighted by atomic mass is 9.88. The Labute approximate surface area is 210 Å². The van der Waals surface area contributed by atoms with Crippen LogP contribution in [0.1, 0.15) is 84.0 Å². The maximum atomic E-state index is 11.3. The maximum absolute atomic E-state index is 11.3. The van der Waals surface area contributed by atoms with Crippen LogP contribution in [-0.4, -0.2) is 50.6 Å². The number of esters is 1. The third-order valence-electron chi connectivity index (χ3n) is 8.69. The van der Waals surface area contributed by atoms with Crippen LogP contribution >= 0.6 is 0 Å². The Morgan fingerprint density at radius 2 is 1.74 bits per heavy atom. The molecule has 2 saturated carbocycles. The van der Waals surface area contributed by atoms with Gasteiger partial charge < -0.3 is 23.7 Å². The van der Waals surface area contributed by atoms with E-state index in [0.29, 0.717) is 30.3 Å². The first-order valence-corrected chi connectivity index (χ1v) is 14.2. The van der Waals surface area contributed by atoms with Crippen molar-refractivity contribution in [1.29, 1.82) is 0 Å². The van der Waals surface area contributed by atoms with Gasteiger partial charge in [-0.25, -0.2) is 0 Å². The van der Waals surface area contributed by atoms with Crippen LogP contribution in [0.3, 0.4) is 0 Å². The average molecular weight is 489 g/mol. The zero-order valence-electron chi connectivity index (χ0n) is 21.4. The molecule has 2 unspecified atom stereocenters. The molecule has 0 radical (unpaired) electrons. The number of hydrogen-bond donors (Lipinski definition) is 0. The van der Waals surface area contributed by atoms with Crippen LogP contribution in [0.5, 0.6) is 0 Å². The van der Waals surface area contributed by atoms with Gasteiger partial charge in [0.2, 0.25) is 0 Å². The van der Waals surface area contributed by atoms with Crippen molar-refractivity contribution in [2.45, 2.75) is 109 Å². The topological polar surface area (TPSA) is 63.2 Å². The quantitative estimate of drug-likeness (QED) is 0.306. The Kier molecular flexibility index (Phi) is 8.98. The largest absolute Gasteiger partial charge is 0.461 e. The minimum absolute atomic E-state index is 0.0681. The van der Waals surface area contributed by atoms with E-state index in [0.717, 1.165) is 51.7 Å². The summed E-state index contributed by atoms with van der Waals surface area (Å²) in [5.74, 6) is 1.64. The third kappa shape index (κ3) is 6.76. The second-order valence-corrected chi connectivity index (χ2v) is 11.2. The average Bonchev–Trinajstić information content (AvgIpc) is 3.60. The summed E-state index contributed by atoms with van der Waals surface area (Å²) >= 11 is 0. The molecule has 0 aromatic heterocycles. The minimum atomic E-state index is -0.212. The van der Waals surface area contributed by atoms with E-state index in [4.69, 9.17) is 23.7 Å². The molecule has 0 amide bonds. The van der Waals surface area contributed by atoms with Crippen LogP contribution in [0.25, 0.3) is 0 Å². The lowest BCUT2D eigenvalue weighted by Gasteiger charge is -2.31. The van der Waals surface area contributed by atoms with Crippen LogP contribution in [-0.2, 0) is 28.5 Å². The first-order valence-electron chi connectivity index (χ1n) is 14.2. The van der Waals surface area contributed by atoms with Crippen molar-refractivity contribution in [2.24, 2.45) is 23.7 Å². The normalized spacial score (nSPS) is 36.9. The summed E-state index contributed by atoms with van der Waals surface area (Å²) in [7, 11) is 0. The van der Waals surface area contributed by atoms with Gasteiger partial charge in [0.15, 0.2) is 12.6 Å². The van der Waals surface area contributed by atoms with E-state index < -0.39 is 0 Å². The van der Waals surface area contributed by atoms with Crippen molar-refractivity contribution in [2.75, 3.05) is 19.8 Å². The summed E-state index contributed by atoms with van der Waals surface area (Å²) in [5.41, 5.74) is 1.25. The highest BCUT2D eigenvalue weighted by molar-refractivity contribution is 5.66. The monoisotopic (exact) mass is 488 g/mol. The molecule has 5 rings (SSSR count). The smallest absolute Gasteiger partial charge is 0.302 e. The standard InChI is InChI=1S/C29H44O6/c1-20(30)33-19-21-16-23-18-27(35-29-11-5-7-15-32-29)24(25(23)17-21)12-13-26(22-8-2-3-9-22)34-28-10-4-6-14-31-28/h12-13,16,22-29H,2-11,14-15,17-19H2,1H3/t23-,24-,25+,26+,27+,28?,29?/m0/s1. The van der Waals surface area contributed by atoms with Gasteiger partial charge in [-0.2, -0.15) is 0 Å². The molecule has 6 heteroatoms. The fourth-order valence-corrected chi connectivity index (χ4v) is 6.87. The van der Waals surface area contributed by atoms with Crippen molar-refractivity contribution in [3.8, 4) is 0 Å². The summed E-state index contributed by atoms with van der Waals surface area (Å²) in [4.78, 5) is 11.3. The van der Waals surface area contributed by atoms with Gasteiger partial charge in [0, 0.05) is 26.1 Å². The summed E-state index contributed by atoms with van der Waals surface area (Å²) in [6.07, 6.45) is 20.9. The molecule has 2 aliphatic heterocycles. The molecule has 0 spiro atoms. The molecule has 4 fully saturated rings. The van der Waals surface area contributed by atoms with Crippen LogP contribution in [0.4, 0.5) is 0 Å². The Morgan fingerprint density at radius 3 is 2.43 bits per heavy atom. The molecule has 3 aliphatic carbocycles. The molecule has 7 atom stereocenters. The highest BCUT2D eigenvalue weighted by Crippen LogP contribution is 2.49. The van der Waals surface area contributed by atoms with Crippen molar-refractivity contribution in [3.05, 3.63) is 23.8 Å². The third-order valence-corrected chi connectivity index (χ3v) is 8.69. The van der Waals surface area contributed by atoms with Crippen molar-refractivity contribution < 1.29 is 28.5 Å². The molecule has 0 aromatic rings. The Balaban J connectivity index is 1.29. The Bertz CT molecular complexity index is 744. The zero-order chi connectivity index (χ0) is 24.0. The van der Waals surface area contributed by atoms with Crippen molar-refractivity contribution >= 4 is 5.97 Å². The van der Waals surface area contributed by atoms with Crippen LogP contribution in [0.2, 0.25) is 0 Å². The number of hydrogen-bond acceptors (Lipinski definition) is 6. The maximum Gasteiger partial charge on any atom is 0.302 e. The molecule has 5 aliphatic rings. The summed E-state index contributed by atoms with van der Waals surface area (Å²) in [6, 6.07) is 0. The fourth-order valence-electron chi connectivity index (χ4n) is 6.87. The predicted molar refractivity (Wildman–Crippen MR) is 132 cm³/mol. The zero-order valence-corrected chi connectivity index (χ0v) is 21.4. The highest BCUT2D eigenvalue weighted by atomic mass is 16.7. The summed E-state index contributed by atoms with van der Waals surface area (Å²) in [6.45, 7) is 3.51. The van der Waals surface area contributed by atoms with E-state index in [9.17, 15) is 4.79 Å². The summed E-state index contributed by atoms with van der Waals surface area (Å²) in [5, 5.41) is 0. The van der Waals surface area contributed by atoms with Crippen molar-refractivity contribution in [1.82, 2.24) is 0 Å². The molecular formula is C29H44O6. The first-order chi connectivity index (χ1) is 17.2. The number of fused-ring (bicyclic) bond motifs is 1. The van der Waals surface area contributed by atoms with Gasteiger partial charge in [0.1, 0.15) is 6.61 Å². The van der Waals surface area contributed by atoms with Crippen molar-refractivity contribution in [3.63, 3.8) is 0 Å². The van der Waals surface area contributed by atoms with E-state index in [1.807, 2.05) is 0 Å². The van der Waals surface area contributed by atoms with Gasteiger partial charge in [0.05, 0.1) is 12.2 Å². The van der Waals surface area contributed by atoms with E-state index in [1.165, 1.54) is 51.0 Å². The van der Waals surface area contributed by atoms with Crippen LogP contribution < -0.4 is 0 Å². The van der Waals surface area contributed by atoms with Gasteiger partial charge in [-0.05, 0) is 87.5 Å². The highest BCUT2D eigenvalue weighted by Gasteiger charge is 2.46. The number of allylic oxidation sites excluding steroid dienone is 1. The van der Waals surface area contributed by atoms with Crippen LogP contribution in [0, 0.1) is 23.7 Å². The van der Waals surface area contributed by atoms with Crippen LogP contribution in [0.15, 0.2) is 23.8 Å². The SMILES string of the molecule is CC(=O)OCC1=C[C@H]2C[C@@H](OC3CCCCO3)[C@@H](C=C[C@@H](OC3CCCCO3)C3CCCC3)[C@@H]2C1. The van der Waals surface area contributed by atoms with Gasteiger partial charge in [-0.3, -0.25) is 4.79 Å². The Hall–Kier alpha value is -1.21. The molecule has 196 valence electrons. The predicted octanol–water partition coefficient (Wildman–Crippen LogP) is 5.70. The van der Waals surface area contributed by atoms with Gasteiger partial charge in [0.25, 0.3) is 0 Å².